The van der Waals surface area contributed by atoms with E-state index in [-0.39, 0.29) is 24.3 Å². The van der Waals surface area contributed by atoms with Crippen molar-refractivity contribution in [3.05, 3.63) is 65.2 Å². The standard InChI is InChI=1S/C27H39N3O4S/c1-19(2)16-28-27(32)22(6)29(17-23-13-9-8-12-21(23)5)26(31)18-30(35(7,33)34)25-15-11-10-14-24(25)20(3)4/h8-15,19-20,22H,16-18H2,1-7H3,(H,28,32)/t22-/m1/s1. The van der Waals surface area contributed by atoms with E-state index in [9.17, 15) is 18.0 Å². The number of benzene rings is 2. The monoisotopic (exact) mass is 501 g/mol. The molecule has 1 N–H and O–H groups in total. The number of carbonyl (C=O) groups is 2. The van der Waals surface area contributed by atoms with Gasteiger partial charge in [-0.2, -0.15) is 0 Å². The van der Waals surface area contributed by atoms with Crippen LogP contribution in [-0.4, -0.2) is 50.5 Å². The van der Waals surface area contributed by atoms with E-state index in [0.717, 1.165) is 27.3 Å². The number of hydrogen-bond acceptors (Lipinski definition) is 4. The molecule has 2 amide bonds. The number of hydrogen-bond donors (Lipinski definition) is 1. The van der Waals surface area contributed by atoms with Crippen LogP contribution >= 0.6 is 0 Å². The zero-order valence-electron chi connectivity index (χ0n) is 21.9. The molecule has 0 aliphatic carbocycles. The minimum absolute atomic E-state index is 0.0642. The maximum absolute atomic E-state index is 13.7. The van der Waals surface area contributed by atoms with Crippen molar-refractivity contribution < 1.29 is 18.0 Å². The van der Waals surface area contributed by atoms with Gasteiger partial charge in [0.05, 0.1) is 11.9 Å². The fourth-order valence-electron chi connectivity index (χ4n) is 3.80. The molecule has 35 heavy (non-hydrogen) atoms. The van der Waals surface area contributed by atoms with Crippen molar-refractivity contribution in [3.63, 3.8) is 0 Å². The van der Waals surface area contributed by atoms with Gasteiger partial charge in [0.25, 0.3) is 0 Å². The first-order valence-corrected chi connectivity index (χ1v) is 13.9. The molecule has 8 heteroatoms. The molecular formula is C27H39N3O4S. The van der Waals surface area contributed by atoms with Gasteiger partial charge in [0.2, 0.25) is 21.8 Å². The highest BCUT2D eigenvalue weighted by Crippen LogP contribution is 2.29. The lowest BCUT2D eigenvalue weighted by Gasteiger charge is -2.32. The Morgan fingerprint density at radius 3 is 2.11 bits per heavy atom. The van der Waals surface area contributed by atoms with Gasteiger partial charge < -0.3 is 10.2 Å². The molecule has 0 fully saturated rings. The second kappa shape index (κ2) is 12.2. The SMILES string of the molecule is Cc1ccccc1CN(C(=O)CN(c1ccccc1C(C)C)S(C)(=O)=O)[C@H](C)C(=O)NCC(C)C. The molecule has 7 nitrogen and oxygen atoms in total. The summed E-state index contributed by atoms with van der Waals surface area (Å²) in [6, 6.07) is 14.1. The van der Waals surface area contributed by atoms with E-state index in [1.165, 1.54) is 4.90 Å². The van der Waals surface area contributed by atoms with Crippen molar-refractivity contribution in [2.24, 2.45) is 5.92 Å². The average molecular weight is 502 g/mol. The van der Waals surface area contributed by atoms with Gasteiger partial charge in [-0.25, -0.2) is 8.42 Å². The molecule has 0 radical (unpaired) electrons. The third-order valence-corrected chi connectivity index (χ3v) is 7.09. The minimum atomic E-state index is -3.77. The van der Waals surface area contributed by atoms with Crippen LogP contribution in [0.2, 0.25) is 0 Å². The summed E-state index contributed by atoms with van der Waals surface area (Å²) in [5.41, 5.74) is 3.20. The molecule has 2 aromatic rings. The number of nitrogens with one attached hydrogen (secondary N) is 1. The van der Waals surface area contributed by atoms with E-state index in [2.05, 4.69) is 5.32 Å². The predicted octanol–water partition coefficient (Wildman–Crippen LogP) is 4.07. The molecule has 0 unspecified atom stereocenters. The largest absolute Gasteiger partial charge is 0.354 e. The summed E-state index contributed by atoms with van der Waals surface area (Å²) in [6.07, 6.45) is 1.10. The van der Waals surface area contributed by atoms with Crippen LogP contribution in [0.4, 0.5) is 5.69 Å². The number of carbonyl (C=O) groups excluding carboxylic acids is 2. The van der Waals surface area contributed by atoms with Crippen molar-refractivity contribution in [1.29, 1.82) is 0 Å². The van der Waals surface area contributed by atoms with E-state index < -0.39 is 28.5 Å². The Morgan fingerprint density at radius 1 is 0.943 bits per heavy atom. The lowest BCUT2D eigenvalue weighted by atomic mass is 10.0. The van der Waals surface area contributed by atoms with E-state index in [4.69, 9.17) is 0 Å². The van der Waals surface area contributed by atoms with Gasteiger partial charge in [-0.15, -0.1) is 0 Å². The highest BCUT2D eigenvalue weighted by Gasteiger charge is 2.31. The molecule has 2 rings (SSSR count). The fourth-order valence-corrected chi connectivity index (χ4v) is 4.67. The highest BCUT2D eigenvalue weighted by molar-refractivity contribution is 7.92. The summed E-state index contributed by atoms with van der Waals surface area (Å²) in [4.78, 5) is 28.1. The van der Waals surface area contributed by atoms with E-state index >= 15 is 0 Å². The molecule has 0 saturated heterocycles. The Hall–Kier alpha value is -2.87. The molecular weight excluding hydrogens is 462 g/mol. The van der Waals surface area contributed by atoms with E-state index in [0.29, 0.717) is 12.2 Å². The topological polar surface area (TPSA) is 86.8 Å². The van der Waals surface area contributed by atoms with Gasteiger partial charge in [-0.1, -0.05) is 70.2 Å². The van der Waals surface area contributed by atoms with E-state index in [1.807, 2.05) is 71.0 Å². The summed E-state index contributed by atoms with van der Waals surface area (Å²) in [7, 11) is -3.77. The zero-order valence-corrected chi connectivity index (χ0v) is 22.7. The second-order valence-electron chi connectivity index (χ2n) is 9.75. The van der Waals surface area contributed by atoms with Crippen molar-refractivity contribution in [2.75, 3.05) is 23.7 Å². The second-order valence-corrected chi connectivity index (χ2v) is 11.7. The van der Waals surface area contributed by atoms with Gasteiger partial charge in [0.15, 0.2) is 0 Å². The van der Waals surface area contributed by atoms with Crippen molar-refractivity contribution >= 4 is 27.5 Å². The minimum Gasteiger partial charge on any atom is -0.354 e. The number of anilines is 1. The number of amides is 2. The van der Waals surface area contributed by atoms with Crippen LogP contribution in [-0.2, 0) is 26.2 Å². The predicted molar refractivity (Wildman–Crippen MR) is 142 cm³/mol. The maximum atomic E-state index is 13.7. The smallest absolute Gasteiger partial charge is 0.244 e. The molecule has 0 bridgehead atoms. The molecule has 1 atom stereocenters. The Labute approximate surface area is 210 Å². The van der Waals surface area contributed by atoms with Gasteiger partial charge in [0, 0.05) is 13.1 Å². The summed E-state index contributed by atoms with van der Waals surface area (Å²) >= 11 is 0. The Morgan fingerprint density at radius 2 is 1.54 bits per heavy atom. The number of para-hydroxylation sites is 1. The number of rotatable bonds is 11. The quantitative estimate of drug-likeness (QED) is 0.503. The van der Waals surface area contributed by atoms with Crippen LogP contribution in [0.3, 0.4) is 0 Å². The molecule has 0 aromatic heterocycles. The molecule has 0 spiro atoms. The number of aryl methyl sites for hydroxylation is 1. The van der Waals surface area contributed by atoms with Crippen LogP contribution in [0, 0.1) is 12.8 Å². The van der Waals surface area contributed by atoms with Crippen LogP contribution in [0.1, 0.15) is 57.2 Å². The van der Waals surface area contributed by atoms with Crippen molar-refractivity contribution in [2.45, 2.75) is 60.0 Å². The fraction of sp³-hybridized carbons (Fsp3) is 0.481. The Bertz CT molecular complexity index is 1130. The van der Waals surface area contributed by atoms with Gasteiger partial charge in [0.1, 0.15) is 12.6 Å². The maximum Gasteiger partial charge on any atom is 0.244 e. The number of nitrogens with zero attached hydrogens (tertiary/aromatic N) is 2. The molecule has 2 aromatic carbocycles. The summed E-state index contributed by atoms with van der Waals surface area (Å²) in [5.74, 6) is -0.382. The molecule has 0 aliphatic heterocycles. The first-order valence-electron chi connectivity index (χ1n) is 12.0. The van der Waals surface area contributed by atoms with Crippen molar-refractivity contribution in [3.8, 4) is 0 Å². The Kier molecular flexibility index (Phi) is 9.89. The first-order chi connectivity index (χ1) is 16.3. The molecule has 0 saturated carbocycles. The van der Waals surface area contributed by atoms with Crippen LogP contribution < -0.4 is 9.62 Å². The summed E-state index contributed by atoms with van der Waals surface area (Å²) in [5, 5.41) is 2.89. The lowest BCUT2D eigenvalue weighted by molar-refractivity contribution is -0.139. The molecule has 0 heterocycles. The lowest BCUT2D eigenvalue weighted by Crippen LogP contribution is -2.51. The van der Waals surface area contributed by atoms with E-state index in [1.54, 1.807) is 19.1 Å². The summed E-state index contributed by atoms with van der Waals surface area (Å²) in [6.45, 7) is 11.9. The van der Waals surface area contributed by atoms with Crippen LogP contribution in [0.5, 0.6) is 0 Å². The normalized spacial score (nSPS) is 12.5. The van der Waals surface area contributed by atoms with Crippen LogP contribution in [0.15, 0.2) is 48.5 Å². The highest BCUT2D eigenvalue weighted by atomic mass is 32.2. The van der Waals surface area contributed by atoms with Gasteiger partial charge >= 0.3 is 0 Å². The summed E-state index contributed by atoms with van der Waals surface area (Å²) < 4.78 is 26.8. The van der Waals surface area contributed by atoms with Gasteiger partial charge in [-0.3, -0.25) is 13.9 Å². The zero-order chi connectivity index (χ0) is 26.3. The first kappa shape index (κ1) is 28.4. The number of sulfonamides is 1. The molecule has 0 aliphatic rings. The Balaban J connectivity index is 2.45. The van der Waals surface area contributed by atoms with Gasteiger partial charge in [-0.05, 0) is 48.4 Å². The average Bonchev–Trinajstić information content (AvgIpc) is 2.79. The van der Waals surface area contributed by atoms with Crippen LogP contribution in [0.25, 0.3) is 0 Å². The van der Waals surface area contributed by atoms with Crippen molar-refractivity contribution in [1.82, 2.24) is 10.2 Å². The molecule has 192 valence electrons. The third-order valence-electron chi connectivity index (χ3n) is 5.96. The third kappa shape index (κ3) is 7.82.